The average molecular weight is 604 g/mol. The van der Waals surface area contributed by atoms with Crippen molar-refractivity contribution in [3.63, 3.8) is 0 Å². The third-order valence-electron chi connectivity index (χ3n) is 6.61. The summed E-state index contributed by atoms with van der Waals surface area (Å²) in [5, 5.41) is 19.7. The summed E-state index contributed by atoms with van der Waals surface area (Å²) in [6, 6.07) is -5.68. The van der Waals surface area contributed by atoms with Gasteiger partial charge in [-0.15, -0.1) is 0 Å². The van der Waals surface area contributed by atoms with Crippen LogP contribution in [0.1, 0.15) is 66.2 Å². The minimum absolute atomic E-state index is 0.149. The van der Waals surface area contributed by atoms with Crippen LogP contribution in [-0.4, -0.2) is 89.4 Å². The zero-order valence-corrected chi connectivity index (χ0v) is 25.6. The van der Waals surface area contributed by atoms with E-state index < -0.39 is 78.1 Å². The van der Waals surface area contributed by atoms with Crippen LogP contribution in [0.2, 0.25) is 0 Å². The second-order valence-corrected chi connectivity index (χ2v) is 11.4. The molecule has 0 aromatic rings. The second-order valence-electron chi connectivity index (χ2n) is 10.4. The maximum Gasteiger partial charge on any atom is 0.326 e. The van der Waals surface area contributed by atoms with Gasteiger partial charge in [-0.05, 0) is 56.1 Å². The maximum absolute atomic E-state index is 13.3. The molecular weight excluding hydrogens is 554 g/mol. The number of unbranched alkanes of at least 4 members (excludes halogenated alkanes) is 1. The highest BCUT2D eigenvalue weighted by molar-refractivity contribution is 7.98. The van der Waals surface area contributed by atoms with Gasteiger partial charge in [0.15, 0.2) is 0 Å². The van der Waals surface area contributed by atoms with Crippen LogP contribution >= 0.6 is 11.8 Å². The molecule has 0 spiro atoms. The van der Waals surface area contributed by atoms with Crippen molar-refractivity contribution in [1.82, 2.24) is 21.3 Å². The van der Waals surface area contributed by atoms with Crippen LogP contribution in [0.25, 0.3) is 0 Å². The molecule has 0 rings (SSSR count). The van der Waals surface area contributed by atoms with Gasteiger partial charge < -0.3 is 43.6 Å². The van der Waals surface area contributed by atoms with E-state index in [1.807, 2.05) is 6.26 Å². The number of amides is 5. The van der Waals surface area contributed by atoms with Crippen molar-refractivity contribution in [2.75, 3.05) is 18.6 Å². The molecule has 0 saturated heterocycles. The fourth-order valence-corrected chi connectivity index (χ4v) is 4.30. The van der Waals surface area contributed by atoms with E-state index in [2.05, 4.69) is 21.3 Å². The Morgan fingerprint density at radius 3 is 1.85 bits per heavy atom. The zero-order chi connectivity index (χ0) is 31.7. The molecule has 0 aliphatic rings. The summed E-state index contributed by atoms with van der Waals surface area (Å²) in [7, 11) is 0. The SMILES string of the molecule is CC[C@H](C)[C@H](NC(=O)[C@@H](NC(=O)[C@H](CCCCN)NC(=O)[C@H](CC(N)=O)NC(=O)[C@@H](N)CCSC)C(C)C)C(=O)O. The van der Waals surface area contributed by atoms with Gasteiger partial charge in [-0.1, -0.05) is 34.1 Å². The van der Waals surface area contributed by atoms with Gasteiger partial charge in [0.1, 0.15) is 24.2 Å². The van der Waals surface area contributed by atoms with Crippen LogP contribution in [0, 0.1) is 11.8 Å². The first-order chi connectivity index (χ1) is 19.2. The minimum Gasteiger partial charge on any atom is -0.480 e. The molecule has 11 N–H and O–H groups in total. The molecular formula is C26H49N7O7S. The lowest BCUT2D eigenvalue weighted by Gasteiger charge is -2.28. The number of hydrogen-bond donors (Lipinski definition) is 8. The Labute approximate surface area is 246 Å². The number of nitrogens with one attached hydrogen (secondary N) is 4. The summed E-state index contributed by atoms with van der Waals surface area (Å²) in [6.07, 6.45) is 3.34. The van der Waals surface area contributed by atoms with Crippen molar-refractivity contribution in [2.24, 2.45) is 29.0 Å². The third kappa shape index (κ3) is 14.5. The molecule has 0 aromatic heterocycles. The van der Waals surface area contributed by atoms with Gasteiger partial charge in [0.25, 0.3) is 0 Å². The molecule has 41 heavy (non-hydrogen) atoms. The van der Waals surface area contributed by atoms with Crippen LogP contribution in [0.4, 0.5) is 0 Å². The van der Waals surface area contributed by atoms with E-state index in [1.165, 1.54) is 11.8 Å². The molecule has 0 aromatic carbocycles. The van der Waals surface area contributed by atoms with Gasteiger partial charge in [0.05, 0.1) is 12.5 Å². The Morgan fingerprint density at radius 2 is 1.37 bits per heavy atom. The number of carbonyl (C=O) groups is 6. The van der Waals surface area contributed by atoms with Gasteiger partial charge in [0, 0.05) is 0 Å². The molecule has 6 atom stereocenters. The van der Waals surface area contributed by atoms with Crippen LogP contribution in [0.15, 0.2) is 0 Å². The molecule has 5 amide bonds. The van der Waals surface area contributed by atoms with Crippen molar-refractivity contribution < 1.29 is 33.9 Å². The number of aliphatic carboxylic acids is 1. The number of hydrogen-bond acceptors (Lipinski definition) is 9. The number of carboxylic acid groups (broad SMARTS) is 1. The molecule has 0 aliphatic heterocycles. The normalized spacial score (nSPS) is 15.5. The van der Waals surface area contributed by atoms with Crippen LogP contribution in [0.5, 0.6) is 0 Å². The van der Waals surface area contributed by atoms with Gasteiger partial charge in [0.2, 0.25) is 29.5 Å². The molecule has 0 aliphatic carbocycles. The third-order valence-corrected chi connectivity index (χ3v) is 7.26. The topological polar surface area (TPSA) is 249 Å². The lowest BCUT2D eigenvalue weighted by Crippen LogP contribution is -2.60. The molecule has 0 radical (unpaired) electrons. The molecule has 0 fully saturated rings. The zero-order valence-electron chi connectivity index (χ0n) is 24.7. The minimum atomic E-state index is -1.37. The second kappa shape index (κ2) is 20.0. The van der Waals surface area contributed by atoms with Crippen molar-refractivity contribution in [1.29, 1.82) is 0 Å². The van der Waals surface area contributed by atoms with Crippen molar-refractivity contribution in [3.8, 4) is 0 Å². The fraction of sp³-hybridized carbons (Fsp3) is 0.769. The lowest BCUT2D eigenvalue weighted by molar-refractivity contribution is -0.144. The number of thioether (sulfide) groups is 1. The molecule has 0 bridgehead atoms. The standard InChI is InChI=1S/C26H49N7O7S/c1-6-15(4)21(26(39)40)33-25(38)20(14(2)3)32-23(36)17(9-7-8-11-27)30-24(37)18(13-19(29)34)31-22(35)16(28)10-12-41-5/h14-18,20-21H,6-13,27-28H2,1-5H3,(H2,29,34)(H,30,37)(H,31,35)(H,32,36)(H,33,38)(H,39,40)/t15-,16-,17-,18-,20-,21-/m0/s1. The first kappa shape index (κ1) is 38.1. The molecule has 0 unspecified atom stereocenters. The van der Waals surface area contributed by atoms with Gasteiger partial charge in [-0.2, -0.15) is 11.8 Å². The highest BCUT2D eigenvalue weighted by Crippen LogP contribution is 2.11. The van der Waals surface area contributed by atoms with Crippen LogP contribution < -0.4 is 38.5 Å². The van der Waals surface area contributed by atoms with Gasteiger partial charge >= 0.3 is 5.97 Å². The van der Waals surface area contributed by atoms with Crippen molar-refractivity contribution >= 4 is 47.3 Å². The van der Waals surface area contributed by atoms with Crippen molar-refractivity contribution in [3.05, 3.63) is 0 Å². The van der Waals surface area contributed by atoms with E-state index in [1.54, 1.807) is 27.7 Å². The summed E-state index contributed by atoms with van der Waals surface area (Å²) in [6.45, 7) is 7.21. The average Bonchev–Trinajstić information content (AvgIpc) is 2.90. The molecule has 14 nitrogen and oxygen atoms in total. The van der Waals surface area contributed by atoms with Gasteiger partial charge in [-0.3, -0.25) is 24.0 Å². The predicted molar refractivity (Wildman–Crippen MR) is 157 cm³/mol. The number of nitrogens with two attached hydrogens (primary N) is 3. The van der Waals surface area contributed by atoms with E-state index in [4.69, 9.17) is 17.2 Å². The summed E-state index contributed by atoms with van der Waals surface area (Å²) in [5.41, 5.74) is 16.8. The van der Waals surface area contributed by atoms with Crippen LogP contribution in [0.3, 0.4) is 0 Å². The lowest BCUT2D eigenvalue weighted by atomic mass is 9.97. The fourth-order valence-electron chi connectivity index (χ4n) is 3.81. The number of carbonyl (C=O) groups excluding carboxylic acids is 5. The largest absolute Gasteiger partial charge is 0.480 e. The Bertz CT molecular complexity index is 890. The summed E-state index contributed by atoms with van der Waals surface area (Å²) >= 11 is 1.50. The molecule has 15 heteroatoms. The Morgan fingerprint density at radius 1 is 0.805 bits per heavy atom. The molecule has 236 valence electrons. The number of carboxylic acids is 1. The summed E-state index contributed by atoms with van der Waals surface area (Å²) in [5.74, 6) is -5.04. The Hall–Kier alpha value is -2.91. The molecule has 0 heterocycles. The monoisotopic (exact) mass is 603 g/mol. The van der Waals surface area contributed by atoms with Crippen molar-refractivity contribution in [2.45, 2.75) is 96.4 Å². The molecule has 0 saturated carbocycles. The smallest absolute Gasteiger partial charge is 0.326 e. The summed E-state index contributed by atoms with van der Waals surface area (Å²) < 4.78 is 0. The van der Waals surface area contributed by atoms with Gasteiger partial charge in [-0.25, -0.2) is 4.79 Å². The predicted octanol–water partition coefficient (Wildman–Crippen LogP) is -1.20. The maximum atomic E-state index is 13.3. The Balaban J connectivity index is 5.83. The van der Waals surface area contributed by atoms with E-state index in [9.17, 15) is 33.9 Å². The van der Waals surface area contributed by atoms with E-state index in [-0.39, 0.29) is 12.3 Å². The first-order valence-electron chi connectivity index (χ1n) is 13.9. The first-order valence-corrected chi connectivity index (χ1v) is 15.3. The number of rotatable bonds is 21. The van der Waals surface area contributed by atoms with Crippen LogP contribution in [-0.2, 0) is 28.8 Å². The van der Waals surface area contributed by atoms with E-state index in [0.717, 1.165) is 0 Å². The highest BCUT2D eigenvalue weighted by Gasteiger charge is 2.34. The van der Waals surface area contributed by atoms with E-state index in [0.29, 0.717) is 38.0 Å². The Kier molecular flexibility index (Phi) is 18.6. The highest BCUT2D eigenvalue weighted by atomic mass is 32.2. The summed E-state index contributed by atoms with van der Waals surface area (Å²) in [4.78, 5) is 75.4. The van der Waals surface area contributed by atoms with E-state index >= 15 is 0 Å². The number of primary amides is 1. The quantitative estimate of drug-likeness (QED) is 0.0727.